The molecule has 0 aromatic heterocycles. The third kappa shape index (κ3) is 21.0. The number of allylic oxidation sites excluding steroid dienone is 2. The van der Waals surface area contributed by atoms with Crippen molar-refractivity contribution in [1.82, 2.24) is 0 Å². The molecule has 0 saturated carbocycles. The van der Waals surface area contributed by atoms with Gasteiger partial charge in [0.2, 0.25) is 0 Å². The maximum atomic E-state index is 10.2. The summed E-state index contributed by atoms with van der Waals surface area (Å²) in [5.41, 5.74) is 1.99. The van der Waals surface area contributed by atoms with E-state index in [1.165, 1.54) is 12.2 Å². The fourth-order valence-corrected chi connectivity index (χ4v) is 2.16. The Kier molecular flexibility index (Phi) is 22.3. The molecule has 0 unspecified atom stereocenters. The van der Waals surface area contributed by atoms with Gasteiger partial charge in [-0.3, -0.25) is 0 Å². The quantitative estimate of drug-likeness (QED) is 0.434. The van der Waals surface area contributed by atoms with E-state index in [1.54, 1.807) is 0 Å². The standard InChI is InChI=1S/2C9H16O2.Zn/c2*1-3-5-8(6-4-2)7-9(10)11;/h2*7H,3-6H2,1-2H3,(H,10,11);/q;;+2/p-2. The monoisotopic (exact) mass is 374 g/mol. The molecule has 0 fully saturated rings. The summed E-state index contributed by atoms with van der Waals surface area (Å²) in [6.07, 6.45) is 9.96. The van der Waals surface area contributed by atoms with Crippen LogP contribution in [0.25, 0.3) is 0 Å². The maximum Gasteiger partial charge on any atom is 2.00 e. The average Bonchev–Trinajstić information content (AvgIpc) is 2.39. The van der Waals surface area contributed by atoms with Crippen molar-refractivity contribution in [2.24, 2.45) is 0 Å². The Labute approximate surface area is 153 Å². The second-order valence-corrected chi connectivity index (χ2v) is 5.24. The minimum absolute atomic E-state index is 0. The summed E-state index contributed by atoms with van der Waals surface area (Å²) in [6, 6.07) is 0. The van der Waals surface area contributed by atoms with Crippen LogP contribution in [0.4, 0.5) is 0 Å². The van der Waals surface area contributed by atoms with E-state index in [4.69, 9.17) is 0 Å². The molecule has 23 heavy (non-hydrogen) atoms. The van der Waals surface area contributed by atoms with Gasteiger partial charge >= 0.3 is 19.5 Å². The number of rotatable bonds is 10. The van der Waals surface area contributed by atoms with Gasteiger partial charge in [-0.2, -0.15) is 0 Å². The van der Waals surface area contributed by atoms with Crippen LogP contribution in [0.2, 0.25) is 0 Å². The second kappa shape index (κ2) is 19.1. The van der Waals surface area contributed by atoms with Gasteiger partial charge in [0, 0.05) is 0 Å². The molecule has 0 aliphatic carbocycles. The van der Waals surface area contributed by atoms with Crippen LogP contribution in [0, 0.1) is 0 Å². The van der Waals surface area contributed by atoms with E-state index in [9.17, 15) is 19.8 Å². The Morgan fingerprint density at radius 3 is 1.00 bits per heavy atom. The van der Waals surface area contributed by atoms with E-state index in [0.29, 0.717) is 0 Å². The van der Waals surface area contributed by atoms with Crippen LogP contribution in [0.5, 0.6) is 0 Å². The van der Waals surface area contributed by atoms with Gasteiger partial charge in [0.25, 0.3) is 0 Å². The molecule has 0 N–H and O–H groups in total. The fourth-order valence-electron chi connectivity index (χ4n) is 2.16. The smallest absolute Gasteiger partial charge is 0.545 e. The van der Waals surface area contributed by atoms with Crippen molar-refractivity contribution < 1.29 is 39.3 Å². The van der Waals surface area contributed by atoms with Crippen molar-refractivity contribution in [3.8, 4) is 0 Å². The van der Waals surface area contributed by atoms with Crippen molar-refractivity contribution >= 4 is 11.9 Å². The van der Waals surface area contributed by atoms with Crippen molar-refractivity contribution in [2.45, 2.75) is 79.1 Å². The molecule has 0 radical (unpaired) electrons. The summed E-state index contributed by atoms with van der Waals surface area (Å²) in [5, 5.41) is 20.3. The fraction of sp³-hybridized carbons (Fsp3) is 0.667. The molecule has 0 spiro atoms. The zero-order chi connectivity index (χ0) is 17.4. The zero-order valence-electron chi connectivity index (χ0n) is 15.2. The van der Waals surface area contributed by atoms with E-state index in [0.717, 1.165) is 62.5 Å². The minimum Gasteiger partial charge on any atom is -0.545 e. The minimum atomic E-state index is -1.07. The van der Waals surface area contributed by atoms with Crippen molar-refractivity contribution in [1.29, 1.82) is 0 Å². The van der Waals surface area contributed by atoms with Crippen LogP contribution < -0.4 is 10.2 Å². The number of hydrogen-bond donors (Lipinski definition) is 0. The summed E-state index contributed by atoms with van der Waals surface area (Å²) < 4.78 is 0. The van der Waals surface area contributed by atoms with Gasteiger partial charge in [0.05, 0.1) is 11.9 Å². The Hall–Kier alpha value is -0.957. The van der Waals surface area contributed by atoms with Crippen LogP contribution in [0.3, 0.4) is 0 Å². The topological polar surface area (TPSA) is 80.3 Å². The molecule has 0 aromatic rings. The number of aliphatic carboxylic acids is 2. The number of carboxylic acid groups (broad SMARTS) is 2. The molecular weight excluding hydrogens is 346 g/mol. The predicted octanol–water partition coefficient (Wildman–Crippen LogP) is 2.52. The molecule has 0 aromatic carbocycles. The molecule has 0 bridgehead atoms. The average molecular weight is 376 g/mol. The molecule has 0 amide bonds. The zero-order valence-corrected chi connectivity index (χ0v) is 18.1. The first kappa shape index (κ1) is 26.9. The van der Waals surface area contributed by atoms with E-state index in [1.807, 2.05) is 27.7 Å². The number of hydrogen-bond acceptors (Lipinski definition) is 4. The Bertz CT molecular complexity index is 321. The third-order valence-corrected chi connectivity index (χ3v) is 2.93. The van der Waals surface area contributed by atoms with E-state index in [2.05, 4.69) is 0 Å². The second-order valence-electron chi connectivity index (χ2n) is 5.24. The normalized spacial score (nSPS) is 8.87. The van der Waals surface area contributed by atoms with E-state index < -0.39 is 11.9 Å². The molecular formula is C18H30O4Zn. The Balaban J connectivity index is -0.000000333. The molecule has 0 atom stereocenters. The largest absolute Gasteiger partial charge is 2.00 e. The van der Waals surface area contributed by atoms with Crippen molar-refractivity contribution in [3.63, 3.8) is 0 Å². The maximum absolute atomic E-state index is 10.2. The van der Waals surface area contributed by atoms with Gasteiger partial charge < -0.3 is 19.8 Å². The summed E-state index contributed by atoms with van der Waals surface area (Å²) in [7, 11) is 0. The summed E-state index contributed by atoms with van der Waals surface area (Å²) in [5.74, 6) is -2.14. The SMILES string of the molecule is CCCC(=CC(=O)[O-])CCC.CCCC(=CC(=O)[O-])CCC.[Zn+2]. The molecule has 0 aliphatic rings. The number of carboxylic acids is 2. The Morgan fingerprint density at radius 1 is 0.652 bits per heavy atom. The predicted molar refractivity (Wildman–Crippen MR) is 85.8 cm³/mol. The first-order chi connectivity index (χ1) is 10.4. The van der Waals surface area contributed by atoms with E-state index in [-0.39, 0.29) is 19.5 Å². The molecule has 0 saturated heterocycles. The van der Waals surface area contributed by atoms with Crippen LogP contribution in [-0.2, 0) is 29.1 Å². The van der Waals surface area contributed by atoms with Crippen molar-refractivity contribution in [3.05, 3.63) is 23.3 Å². The molecule has 0 heterocycles. The number of carbonyl (C=O) groups excluding carboxylic acids is 2. The number of carbonyl (C=O) groups is 2. The van der Waals surface area contributed by atoms with Crippen LogP contribution in [0.15, 0.2) is 23.3 Å². The first-order valence-corrected chi connectivity index (χ1v) is 8.21. The summed E-state index contributed by atoms with van der Waals surface area (Å²) in [6.45, 7) is 8.16. The first-order valence-electron chi connectivity index (χ1n) is 8.21. The van der Waals surface area contributed by atoms with Gasteiger partial charge in [-0.05, 0) is 37.8 Å². The van der Waals surface area contributed by atoms with Crippen LogP contribution in [-0.4, -0.2) is 11.9 Å². The van der Waals surface area contributed by atoms with Crippen LogP contribution in [0.1, 0.15) is 79.1 Å². The molecule has 5 heteroatoms. The van der Waals surface area contributed by atoms with Gasteiger partial charge in [0.15, 0.2) is 0 Å². The van der Waals surface area contributed by atoms with Gasteiger partial charge in [0.1, 0.15) is 0 Å². The molecule has 4 nitrogen and oxygen atoms in total. The molecule has 128 valence electrons. The summed E-state index contributed by atoms with van der Waals surface area (Å²) in [4.78, 5) is 20.3. The molecule has 0 aliphatic heterocycles. The third-order valence-electron chi connectivity index (χ3n) is 2.93. The van der Waals surface area contributed by atoms with Crippen molar-refractivity contribution in [2.75, 3.05) is 0 Å². The molecule has 0 rings (SSSR count). The van der Waals surface area contributed by atoms with Gasteiger partial charge in [-0.25, -0.2) is 0 Å². The van der Waals surface area contributed by atoms with Gasteiger partial charge in [-0.1, -0.05) is 64.5 Å². The van der Waals surface area contributed by atoms with Crippen LogP contribution >= 0.6 is 0 Å². The Morgan fingerprint density at radius 2 is 0.870 bits per heavy atom. The van der Waals surface area contributed by atoms with Gasteiger partial charge in [-0.15, -0.1) is 0 Å². The summed E-state index contributed by atoms with van der Waals surface area (Å²) >= 11 is 0. The van der Waals surface area contributed by atoms with E-state index >= 15 is 0 Å².